The quantitative estimate of drug-likeness (QED) is 0.471. The van der Waals surface area contributed by atoms with E-state index in [2.05, 4.69) is 13.8 Å². The highest BCUT2D eigenvalue weighted by atomic mass is 15.4. The number of nitrogens with two attached hydrogens (primary N) is 2. The average Bonchev–Trinajstić information content (AvgIpc) is 2.01. The van der Waals surface area contributed by atoms with E-state index < -0.39 is 0 Å². The first-order valence-electron chi connectivity index (χ1n) is 4.68. The summed E-state index contributed by atoms with van der Waals surface area (Å²) in [6.07, 6.45) is 6.12. The van der Waals surface area contributed by atoms with E-state index in [9.17, 15) is 0 Å². The summed E-state index contributed by atoms with van der Waals surface area (Å²) < 4.78 is 0. The summed E-state index contributed by atoms with van der Waals surface area (Å²) in [6, 6.07) is 0. The van der Waals surface area contributed by atoms with Crippen LogP contribution in [0, 0.1) is 0 Å². The molecule has 0 saturated carbocycles. The molecule has 0 aliphatic rings. The van der Waals surface area contributed by atoms with Crippen molar-refractivity contribution in [3.05, 3.63) is 11.9 Å². The molecule has 0 amide bonds. The molecular weight excluding hydrogens is 150 g/mol. The van der Waals surface area contributed by atoms with E-state index in [1.165, 1.54) is 0 Å². The zero-order valence-corrected chi connectivity index (χ0v) is 8.21. The van der Waals surface area contributed by atoms with Crippen LogP contribution in [-0.2, 0) is 0 Å². The first-order valence-corrected chi connectivity index (χ1v) is 4.68. The van der Waals surface area contributed by atoms with Crippen molar-refractivity contribution in [3.8, 4) is 0 Å². The Morgan fingerprint density at radius 1 is 1.33 bits per heavy atom. The first kappa shape index (κ1) is 11.3. The topological polar surface area (TPSA) is 55.3 Å². The molecule has 0 spiro atoms. The molecule has 0 saturated heterocycles. The molecule has 0 aromatic carbocycles. The Hall–Kier alpha value is -0.700. The Balaban J connectivity index is 3.63. The second-order valence-corrected chi connectivity index (χ2v) is 3.05. The van der Waals surface area contributed by atoms with E-state index in [0.29, 0.717) is 0 Å². The minimum absolute atomic E-state index is 0.871. The highest BCUT2D eigenvalue weighted by molar-refractivity contribution is 4.94. The SMILES string of the molecule is CCCCN(N)/C=C(\N)CCC. The van der Waals surface area contributed by atoms with Crippen LogP contribution in [0.5, 0.6) is 0 Å². The van der Waals surface area contributed by atoms with Gasteiger partial charge in [0.2, 0.25) is 0 Å². The molecule has 0 rings (SSSR count). The number of hydrazine groups is 1. The van der Waals surface area contributed by atoms with Crippen LogP contribution in [0.2, 0.25) is 0 Å². The lowest BCUT2D eigenvalue weighted by Gasteiger charge is -2.13. The van der Waals surface area contributed by atoms with Crippen LogP contribution < -0.4 is 11.6 Å². The van der Waals surface area contributed by atoms with Gasteiger partial charge in [0.05, 0.1) is 0 Å². The summed E-state index contributed by atoms with van der Waals surface area (Å²) in [7, 11) is 0. The number of allylic oxidation sites excluding steroid dienone is 1. The Morgan fingerprint density at radius 3 is 2.50 bits per heavy atom. The van der Waals surface area contributed by atoms with Crippen LogP contribution in [0.15, 0.2) is 11.9 Å². The van der Waals surface area contributed by atoms with Crippen LogP contribution in [0.4, 0.5) is 0 Å². The Morgan fingerprint density at radius 2 is 2.00 bits per heavy atom. The summed E-state index contributed by atoms with van der Waals surface area (Å²) in [4.78, 5) is 0. The molecule has 72 valence electrons. The molecule has 0 aliphatic heterocycles. The molecule has 0 aromatic heterocycles. The number of unbranched alkanes of at least 4 members (excludes halogenated alkanes) is 1. The minimum Gasteiger partial charge on any atom is -0.401 e. The van der Waals surface area contributed by atoms with Crippen LogP contribution in [0.1, 0.15) is 39.5 Å². The van der Waals surface area contributed by atoms with Gasteiger partial charge >= 0.3 is 0 Å². The molecule has 3 nitrogen and oxygen atoms in total. The van der Waals surface area contributed by atoms with Crippen molar-refractivity contribution in [1.82, 2.24) is 5.01 Å². The van der Waals surface area contributed by atoms with Gasteiger partial charge in [-0.2, -0.15) is 0 Å². The molecular formula is C9H21N3. The predicted octanol–water partition coefficient (Wildman–Crippen LogP) is 1.56. The van der Waals surface area contributed by atoms with E-state index in [1.54, 1.807) is 5.01 Å². The Kier molecular flexibility index (Phi) is 6.57. The molecule has 0 aliphatic carbocycles. The van der Waals surface area contributed by atoms with E-state index >= 15 is 0 Å². The lowest BCUT2D eigenvalue weighted by Crippen LogP contribution is -2.27. The normalized spacial score (nSPS) is 11.8. The van der Waals surface area contributed by atoms with Crippen molar-refractivity contribution in [3.63, 3.8) is 0 Å². The van der Waals surface area contributed by atoms with Gasteiger partial charge in [-0.05, 0) is 12.8 Å². The van der Waals surface area contributed by atoms with E-state index in [1.807, 2.05) is 6.20 Å². The second kappa shape index (κ2) is 6.98. The monoisotopic (exact) mass is 171 g/mol. The zero-order valence-electron chi connectivity index (χ0n) is 8.21. The third-order valence-electron chi connectivity index (χ3n) is 1.64. The van der Waals surface area contributed by atoms with Gasteiger partial charge in [-0.3, -0.25) is 0 Å². The first-order chi connectivity index (χ1) is 5.70. The van der Waals surface area contributed by atoms with E-state index in [4.69, 9.17) is 11.6 Å². The van der Waals surface area contributed by atoms with Gasteiger partial charge in [0.25, 0.3) is 0 Å². The van der Waals surface area contributed by atoms with Crippen LogP contribution in [0.25, 0.3) is 0 Å². The number of rotatable bonds is 6. The van der Waals surface area contributed by atoms with Crippen molar-refractivity contribution in [2.45, 2.75) is 39.5 Å². The van der Waals surface area contributed by atoms with Gasteiger partial charge in [-0.1, -0.05) is 26.7 Å². The molecule has 0 bridgehead atoms. The second-order valence-electron chi connectivity index (χ2n) is 3.05. The fraction of sp³-hybridized carbons (Fsp3) is 0.778. The number of hydrogen-bond donors (Lipinski definition) is 2. The van der Waals surface area contributed by atoms with Crippen LogP contribution in [0.3, 0.4) is 0 Å². The molecule has 0 aromatic rings. The van der Waals surface area contributed by atoms with Gasteiger partial charge in [-0.15, -0.1) is 0 Å². The fourth-order valence-corrected chi connectivity index (χ4v) is 0.971. The summed E-state index contributed by atoms with van der Waals surface area (Å²) in [5.41, 5.74) is 6.57. The van der Waals surface area contributed by atoms with Crippen molar-refractivity contribution in [2.24, 2.45) is 11.6 Å². The van der Waals surface area contributed by atoms with Gasteiger partial charge in [0.1, 0.15) is 0 Å². The molecule has 0 radical (unpaired) electrons. The summed E-state index contributed by atoms with van der Waals surface area (Å²) in [5, 5.41) is 1.68. The largest absolute Gasteiger partial charge is 0.401 e. The van der Waals surface area contributed by atoms with Crippen LogP contribution >= 0.6 is 0 Å². The molecule has 4 N–H and O–H groups in total. The highest BCUT2D eigenvalue weighted by Gasteiger charge is 1.93. The molecule has 3 heteroatoms. The number of hydrogen-bond acceptors (Lipinski definition) is 3. The van der Waals surface area contributed by atoms with Gasteiger partial charge in [0.15, 0.2) is 0 Å². The summed E-state index contributed by atoms with van der Waals surface area (Å²) >= 11 is 0. The van der Waals surface area contributed by atoms with E-state index in [0.717, 1.165) is 37.9 Å². The van der Waals surface area contributed by atoms with Crippen molar-refractivity contribution < 1.29 is 0 Å². The third-order valence-corrected chi connectivity index (χ3v) is 1.64. The highest BCUT2D eigenvalue weighted by Crippen LogP contribution is 1.98. The molecule has 12 heavy (non-hydrogen) atoms. The maximum atomic E-state index is 5.70. The summed E-state index contributed by atoms with van der Waals surface area (Å²) in [5.74, 6) is 5.67. The van der Waals surface area contributed by atoms with Crippen molar-refractivity contribution in [2.75, 3.05) is 6.54 Å². The Bertz CT molecular complexity index is 132. The fourth-order valence-electron chi connectivity index (χ4n) is 0.971. The van der Waals surface area contributed by atoms with Crippen LogP contribution in [-0.4, -0.2) is 11.6 Å². The van der Waals surface area contributed by atoms with Gasteiger partial charge < -0.3 is 10.7 Å². The smallest absolute Gasteiger partial charge is 0.0342 e. The third kappa shape index (κ3) is 6.04. The molecule has 0 fully saturated rings. The predicted molar refractivity (Wildman–Crippen MR) is 53.0 cm³/mol. The van der Waals surface area contributed by atoms with Gasteiger partial charge in [-0.25, -0.2) is 5.84 Å². The minimum atomic E-state index is 0.871. The molecule has 0 unspecified atom stereocenters. The lowest BCUT2D eigenvalue weighted by atomic mass is 10.3. The van der Waals surface area contributed by atoms with Gasteiger partial charge in [0, 0.05) is 18.4 Å². The maximum absolute atomic E-state index is 5.70. The Labute approximate surface area is 75.4 Å². The zero-order chi connectivity index (χ0) is 9.40. The maximum Gasteiger partial charge on any atom is 0.0342 e. The lowest BCUT2D eigenvalue weighted by molar-refractivity contribution is 0.379. The molecule has 0 atom stereocenters. The summed E-state index contributed by atoms with van der Waals surface area (Å²) in [6.45, 7) is 5.14. The van der Waals surface area contributed by atoms with E-state index in [-0.39, 0.29) is 0 Å². The number of nitrogens with zero attached hydrogens (tertiary/aromatic N) is 1. The van der Waals surface area contributed by atoms with Crippen molar-refractivity contribution >= 4 is 0 Å². The van der Waals surface area contributed by atoms with Crippen molar-refractivity contribution in [1.29, 1.82) is 0 Å². The average molecular weight is 171 g/mol. The standard InChI is InChI=1S/C9H21N3/c1-3-5-7-12(11)8-9(10)6-4-2/h8H,3-7,10-11H2,1-2H3/b9-8-. The molecule has 0 heterocycles.